The maximum atomic E-state index is 5.66. The lowest BCUT2D eigenvalue weighted by atomic mass is 10.0. The van der Waals surface area contributed by atoms with Crippen LogP contribution in [0.25, 0.3) is 0 Å². The minimum atomic E-state index is 0.251. The minimum absolute atomic E-state index is 0.251. The van der Waals surface area contributed by atoms with Gasteiger partial charge in [0, 0.05) is 44.0 Å². The Hall–Kier alpha value is -2.60. The highest BCUT2D eigenvalue weighted by atomic mass is 16.5. The van der Waals surface area contributed by atoms with Gasteiger partial charge in [-0.2, -0.15) is 0 Å². The Morgan fingerprint density at radius 1 is 1.10 bits per heavy atom. The van der Waals surface area contributed by atoms with Crippen LogP contribution >= 0.6 is 0 Å². The molecular weight excluding hydrogens is 362 g/mol. The van der Waals surface area contributed by atoms with Gasteiger partial charge in [0.2, 0.25) is 0 Å². The number of ether oxygens (including phenoxy) is 1. The number of likely N-dealkylation sites (tertiary alicyclic amines) is 1. The van der Waals surface area contributed by atoms with E-state index in [9.17, 15) is 0 Å². The topological polar surface area (TPSA) is 61.8 Å². The van der Waals surface area contributed by atoms with Crippen LogP contribution in [-0.4, -0.2) is 56.2 Å². The molecule has 0 amide bonds. The Morgan fingerprint density at radius 2 is 1.90 bits per heavy atom. The fourth-order valence-electron chi connectivity index (χ4n) is 3.88. The van der Waals surface area contributed by atoms with E-state index < -0.39 is 0 Å². The summed E-state index contributed by atoms with van der Waals surface area (Å²) < 4.78 is 5.66. The monoisotopic (exact) mass is 395 g/mol. The van der Waals surface area contributed by atoms with Crippen molar-refractivity contribution in [3.05, 3.63) is 59.9 Å². The van der Waals surface area contributed by atoms with E-state index in [1.807, 2.05) is 43.6 Å². The molecule has 1 atom stereocenters. The number of nitrogens with one attached hydrogen (secondary N) is 2. The zero-order valence-corrected chi connectivity index (χ0v) is 17.6. The van der Waals surface area contributed by atoms with Crippen LogP contribution < -0.4 is 15.4 Å². The number of guanidine groups is 1. The zero-order chi connectivity index (χ0) is 20.3. The Labute approximate surface area is 174 Å². The largest absolute Gasteiger partial charge is 0.496 e. The SMILES string of the molecule is CN=C(NCCc1ccccn1)NCC(c1ccccc1OC)N1CCCCC1. The van der Waals surface area contributed by atoms with Gasteiger partial charge >= 0.3 is 0 Å². The molecule has 3 rings (SSSR count). The second-order valence-electron chi connectivity index (χ2n) is 7.31. The number of piperidine rings is 1. The van der Waals surface area contributed by atoms with Crippen LogP contribution in [0.4, 0.5) is 0 Å². The van der Waals surface area contributed by atoms with E-state index in [1.165, 1.54) is 24.8 Å². The van der Waals surface area contributed by atoms with E-state index in [4.69, 9.17) is 4.74 Å². The van der Waals surface area contributed by atoms with Crippen molar-refractivity contribution in [1.29, 1.82) is 0 Å². The van der Waals surface area contributed by atoms with Gasteiger partial charge in [0.1, 0.15) is 5.75 Å². The molecule has 156 valence electrons. The number of aromatic nitrogens is 1. The number of hydrogen-bond acceptors (Lipinski definition) is 4. The molecule has 1 saturated heterocycles. The minimum Gasteiger partial charge on any atom is -0.496 e. The molecule has 2 heterocycles. The highest BCUT2D eigenvalue weighted by Gasteiger charge is 2.25. The lowest BCUT2D eigenvalue weighted by Gasteiger charge is -2.35. The van der Waals surface area contributed by atoms with Crippen molar-refractivity contribution in [2.45, 2.75) is 31.7 Å². The summed E-state index contributed by atoms with van der Waals surface area (Å²) >= 11 is 0. The van der Waals surface area contributed by atoms with Crippen molar-refractivity contribution in [3.63, 3.8) is 0 Å². The van der Waals surface area contributed by atoms with Crippen LogP contribution in [0.15, 0.2) is 53.7 Å². The molecular formula is C23H33N5O. The van der Waals surface area contributed by atoms with Gasteiger partial charge in [0.25, 0.3) is 0 Å². The van der Waals surface area contributed by atoms with Crippen molar-refractivity contribution >= 4 is 5.96 Å². The number of hydrogen-bond donors (Lipinski definition) is 2. The van der Waals surface area contributed by atoms with Gasteiger partial charge in [-0.25, -0.2) is 0 Å². The van der Waals surface area contributed by atoms with Gasteiger partial charge in [-0.1, -0.05) is 30.7 Å². The molecule has 1 aliphatic heterocycles. The number of para-hydroxylation sites is 1. The Balaban J connectivity index is 1.62. The fraction of sp³-hybridized carbons (Fsp3) is 0.478. The quantitative estimate of drug-likeness (QED) is 0.531. The van der Waals surface area contributed by atoms with Gasteiger partial charge in [-0.3, -0.25) is 14.9 Å². The summed E-state index contributed by atoms with van der Waals surface area (Å²) in [6.45, 7) is 3.82. The normalized spacial score (nSPS) is 16.3. The third-order valence-electron chi connectivity index (χ3n) is 5.42. The molecule has 2 aromatic rings. The van der Waals surface area contributed by atoms with Gasteiger partial charge < -0.3 is 15.4 Å². The van der Waals surface area contributed by atoms with E-state index in [-0.39, 0.29) is 6.04 Å². The highest BCUT2D eigenvalue weighted by Crippen LogP contribution is 2.30. The van der Waals surface area contributed by atoms with E-state index in [2.05, 4.69) is 37.6 Å². The fourth-order valence-corrected chi connectivity index (χ4v) is 3.88. The highest BCUT2D eigenvalue weighted by molar-refractivity contribution is 5.79. The van der Waals surface area contributed by atoms with Gasteiger partial charge in [0.05, 0.1) is 13.2 Å². The van der Waals surface area contributed by atoms with Gasteiger partial charge in [0.15, 0.2) is 5.96 Å². The predicted octanol–water partition coefficient (Wildman–Crippen LogP) is 3.02. The summed E-state index contributed by atoms with van der Waals surface area (Å²) in [7, 11) is 3.56. The third kappa shape index (κ3) is 6.19. The third-order valence-corrected chi connectivity index (χ3v) is 5.42. The maximum Gasteiger partial charge on any atom is 0.191 e. The van der Waals surface area contributed by atoms with Crippen LogP contribution in [-0.2, 0) is 6.42 Å². The first-order valence-corrected chi connectivity index (χ1v) is 10.5. The molecule has 6 nitrogen and oxygen atoms in total. The average Bonchev–Trinajstić information content (AvgIpc) is 2.79. The van der Waals surface area contributed by atoms with Gasteiger partial charge in [-0.15, -0.1) is 0 Å². The Bertz CT molecular complexity index is 759. The molecule has 0 saturated carbocycles. The van der Waals surface area contributed by atoms with E-state index in [1.54, 1.807) is 7.11 Å². The molecule has 0 radical (unpaired) electrons. The summed E-state index contributed by atoms with van der Waals surface area (Å²) in [5, 5.41) is 6.93. The molecule has 29 heavy (non-hydrogen) atoms. The Morgan fingerprint density at radius 3 is 2.62 bits per heavy atom. The summed E-state index contributed by atoms with van der Waals surface area (Å²) in [5.74, 6) is 1.76. The summed E-state index contributed by atoms with van der Waals surface area (Å²) in [4.78, 5) is 11.3. The average molecular weight is 396 g/mol. The second-order valence-corrected chi connectivity index (χ2v) is 7.31. The van der Waals surface area contributed by atoms with Crippen LogP contribution in [0, 0.1) is 0 Å². The molecule has 1 fully saturated rings. The number of pyridine rings is 1. The van der Waals surface area contributed by atoms with E-state index in [0.29, 0.717) is 0 Å². The molecule has 1 aliphatic rings. The predicted molar refractivity (Wildman–Crippen MR) is 118 cm³/mol. The molecule has 1 aromatic carbocycles. The second kappa shape index (κ2) is 11.4. The number of nitrogens with zero attached hydrogens (tertiary/aromatic N) is 3. The molecule has 6 heteroatoms. The first-order valence-electron chi connectivity index (χ1n) is 10.5. The molecule has 0 aliphatic carbocycles. The number of benzene rings is 1. The van der Waals surface area contributed by atoms with Crippen molar-refractivity contribution in [1.82, 2.24) is 20.5 Å². The van der Waals surface area contributed by atoms with E-state index >= 15 is 0 Å². The number of methoxy groups -OCH3 is 1. The van der Waals surface area contributed by atoms with Crippen LogP contribution in [0.2, 0.25) is 0 Å². The molecule has 0 bridgehead atoms. The summed E-state index contributed by atoms with van der Waals surface area (Å²) in [5.41, 5.74) is 2.31. The molecule has 1 unspecified atom stereocenters. The Kier molecular flexibility index (Phi) is 8.31. The lowest BCUT2D eigenvalue weighted by Crippen LogP contribution is -2.45. The maximum absolute atomic E-state index is 5.66. The first kappa shape index (κ1) is 21.1. The van der Waals surface area contributed by atoms with E-state index in [0.717, 1.165) is 50.0 Å². The molecule has 0 spiro atoms. The smallest absolute Gasteiger partial charge is 0.191 e. The first-order chi connectivity index (χ1) is 14.3. The molecule has 2 N–H and O–H groups in total. The van der Waals surface area contributed by atoms with Crippen molar-refractivity contribution in [2.75, 3.05) is 40.3 Å². The standard InChI is InChI=1S/C23H33N5O/c1-24-23(26-15-13-19-10-6-7-14-25-19)27-18-21(28-16-8-3-9-17-28)20-11-4-5-12-22(20)29-2/h4-7,10-12,14,21H,3,8-9,13,15-18H2,1-2H3,(H2,24,26,27). The number of rotatable bonds is 8. The summed E-state index contributed by atoms with van der Waals surface area (Å²) in [6, 6.07) is 14.6. The van der Waals surface area contributed by atoms with Crippen LogP contribution in [0.3, 0.4) is 0 Å². The van der Waals surface area contributed by atoms with Crippen LogP contribution in [0.5, 0.6) is 5.75 Å². The zero-order valence-electron chi connectivity index (χ0n) is 17.6. The van der Waals surface area contributed by atoms with Crippen molar-refractivity contribution in [2.24, 2.45) is 4.99 Å². The lowest BCUT2D eigenvalue weighted by molar-refractivity contribution is 0.161. The number of aliphatic imine (C=N–C) groups is 1. The van der Waals surface area contributed by atoms with Gasteiger partial charge in [-0.05, 0) is 44.1 Å². The molecule has 1 aromatic heterocycles. The van der Waals surface area contributed by atoms with Crippen molar-refractivity contribution in [3.8, 4) is 5.75 Å². The summed E-state index contributed by atoms with van der Waals surface area (Å²) in [6.07, 6.45) is 6.52. The van der Waals surface area contributed by atoms with Crippen LogP contribution in [0.1, 0.15) is 36.6 Å². The van der Waals surface area contributed by atoms with Crippen molar-refractivity contribution < 1.29 is 4.74 Å².